The van der Waals surface area contributed by atoms with Gasteiger partial charge in [0.25, 0.3) is 0 Å². The first-order valence-corrected chi connectivity index (χ1v) is 6.71. The van der Waals surface area contributed by atoms with Gasteiger partial charge in [0.1, 0.15) is 17.4 Å². The topological polar surface area (TPSA) is 31.2 Å². The molecule has 0 aliphatic heterocycles. The smallest absolute Gasteiger partial charge is 0.308 e. The van der Waals surface area contributed by atoms with Crippen LogP contribution in [0.15, 0.2) is 42.5 Å². The van der Waals surface area contributed by atoms with Crippen molar-refractivity contribution in [3.63, 3.8) is 0 Å². The lowest BCUT2D eigenvalue weighted by molar-refractivity contribution is -0.131. The van der Waals surface area contributed by atoms with E-state index < -0.39 is 17.6 Å². The molecule has 3 nitrogen and oxygen atoms in total. The van der Waals surface area contributed by atoms with Crippen LogP contribution in [0.3, 0.4) is 0 Å². The summed E-state index contributed by atoms with van der Waals surface area (Å²) in [5, 5.41) is 0.806. The minimum absolute atomic E-state index is 0.272. The van der Waals surface area contributed by atoms with Crippen molar-refractivity contribution in [3.8, 4) is 11.4 Å². The first kappa shape index (κ1) is 14.3. The highest BCUT2D eigenvalue weighted by atomic mass is 19.1. The van der Waals surface area contributed by atoms with E-state index in [0.717, 1.165) is 22.7 Å². The van der Waals surface area contributed by atoms with Crippen LogP contribution in [0.4, 0.5) is 8.78 Å². The van der Waals surface area contributed by atoms with Crippen LogP contribution in [0.1, 0.15) is 12.6 Å². The number of carbonyl (C=O) groups excluding carboxylic acids is 1. The zero-order valence-corrected chi connectivity index (χ0v) is 12.1. The summed E-state index contributed by atoms with van der Waals surface area (Å²) in [5.74, 6) is -1.23. The third kappa shape index (κ3) is 2.45. The molecule has 112 valence electrons. The number of ether oxygens (including phenoxy) is 1. The highest BCUT2D eigenvalue weighted by Crippen LogP contribution is 2.28. The number of esters is 1. The number of hydrogen-bond acceptors (Lipinski definition) is 2. The number of rotatable bonds is 2. The quantitative estimate of drug-likeness (QED) is 0.526. The van der Waals surface area contributed by atoms with Gasteiger partial charge in [-0.2, -0.15) is 0 Å². The van der Waals surface area contributed by atoms with Crippen LogP contribution in [0, 0.1) is 18.6 Å². The minimum Gasteiger partial charge on any atom is -0.427 e. The Balaban J connectivity index is 2.18. The molecule has 1 heterocycles. The van der Waals surface area contributed by atoms with Gasteiger partial charge in [-0.3, -0.25) is 4.79 Å². The van der Waals surface area contributed by atoms with Crippen molar-refractivity contribution >= 4 is 16.9 Å². The van der Waals surface area contributed by atoms with Crippen molar-refractivity contribution in [2.45, 2.75) is 13.8 Å². The second kappa shape index (κ2) is 5.26. The monoisotopic (exact) mass is 301 g/mol. The fourth-order valence-electron chi connectivity index (χ4n) is 2.54. The second-order valence-corrected chi connectivity index (χ2v) is 5.03. The lowest BCUT2D eigenvalue weighted by atomic mass is 10.2. The van der Waals surface area contributed by atoms with E-state index in [9.17, 15) is 13.6 Å². The summed E-state index contributed by atoms with van der Waals surface area (Å²) >= 11 is 0. The zero-order chi connectivity index (χ0) is 15.9. The van der Waals surface area contributed by atoms with Crippen molar-refractivity contribution in [1.82, 2.24) is 4.57 Å². The number of hydrogen-bond donors (Lipinski definition) is 0. The first-order chi connectivity index (χ1) is 10.5. The molecule has 2 aromatic carbocycles. The maximum absolute atomic E-state index is 14.0. The van der Waals surface area contributed by atoms with Gasteiger partial charge in [-0.25, -0.2) is 8.78 Å². The van der Waals surface area contributed by atoms with E-state index in [1.165, 1.54) is 19.1 Å². The maximum Gasteiger partial charge on any atom is 0.308 e. The van der Waals surface area contributed by atoms with Crippen LogP contribution in [0.25, 0.3) is 16.6 Å². The van der Waals surface area contributed by atoms with Crippen molar-refractivity contribution in [3.05, 3.63) is 59.8 Å². The normalized spacial score (nSPS) is 10.9. The molecule has 1 aromatic heterocycles. The van der Waals surface area contributed by atoms with Crippen LogP contribution < -0.4 is 4.74 Å². The molecule has 0 radical (unpaired) electrons. The zero-order valence-electron chi connectivity index (χ0n) is 12.1. The average Bonchev–Trinajstić information content (AvgIpc) is 2.73. The number of fused-ring (bicyclic) bond motifs is 1. The molecule has 0 bridgehead atoms. The van der Waals surface area contributed by atoms with Crippen molar-refractivity contribution < 1.29 is 18.3 Å². The lowest BCUT2D eigenvalue weighted by Gasteiger charge is -2.10. The number of nitrogens with zero attached hydrogens (tertiary/aromatic N) is 1. The van der Waals surface area contributed by atoms with Gasteiger partial charge in [-0.05, 0) is 43.3 Å². The van der Waals surface area contributed by atoms with Crippen molar-refractivity contribution in [1.29, 1.82) is 0 Å². The minimum atomic E-state index is -0.635. The largest absolute Gasteiger partial charge is 0.427 e. The second-order valence-electron chi connectivity index (χ2n) is 5.03. The van der Waals surface area contributed by atoms with Crippen LogP contribution in [0.2, 0.25) is 0 Å². The predicted octanol–water partition coefficient (Wildman–Crippen LogP) is 4.14. The average molecular weight is 301 g/mol. The molecule has 0 amide bonds. The van der Waals surface area contributed by atoms with Crippen molar-refractivity contribution in [2.24, 2.45) is 0 Å². The third-order valence-electron chi connectivity index (χ3n) is 3.37. The van der Waals surface area contributed by atoms with Crippen LogP contribution in [0.5, 0.6) is 5.75 Å². The Labute approximate surface area is 125 Å². The molecule has 22 heavy (non-hydrogen) atoms. The summed E-state index contributed by atoms with van der Waals surface area (Å²) in [7, 11) is 0. The molecule has 0 atom stereocenters. The third-order valence-corrected chi connectivity index (χ3v) is 3.37. The summed E-state index contributed by atoms with van der Waals surface area (Å²) < 4.78 is 33.9. The Morgan fingerprint density at radius 3 is 2.55 bits per heavy atom. The van der Waals surface area contributed by atoms with Gasteiger partial charge in [0.15, 0.2) is 0 Å². The van der Waals surface area contributed by atoms with Gasteiger partial charge in [0, 0.05) is 24.1 Å². The first-order valence-electron chi connectivity index (χ1n) is 6.71. The van der Waals surface area contributed by atoms with Gasteiger partial charge in [-0.15, -0.1) is 0 Å². The van der Waals surface area contributed by atoms with E-state index in [1.54, 1.807) is 22.8 Å². The molecule has 0 aliphatic carbocycles. The Morgan fingerprint density at radius 2 is 1.86 bits per heavy atom. The molecule has 5 heteroatoms. The fraction of sp³-hybridized carbons (Fsp3) is 0.118. The molecule has 0 spiro atoms. The highest BCUT2D eigenvalue weighted by Gasteiger charge is 2.13. The van der Waals surface area contributed by atoms with Crippen LogP contribution in [-0.4, -0.2) is 10.5 Å². The van der Waals surface area contributed by atoms with Gasteiger partial charge in [0.05, 0.1) is 11.2 Å². The predicted molar refractivity (Wildman–Crippen MR) is 79.2 cm³/mol. The number of benzene rings is 2. The van der Waals surface area contributed by atoms with Gasteiger partial charge >= 0.3 is 5.97 Å². The Kier molecular flexibility index (Phi) is 3.41. The summed E-state index contributed by atoms with van der Waals surface area (Å²) in [6, 6.07) is 10.4. The van der Waals surface area contributed by atoms with E-state index in [4.69, 9.17) is 4.74 Å². The Morgan fingerprint density at radius 1 is 1.09 bits per heavy atom. The van der Waals surface area contributed by atoms with E-state index in [2.05, 4.69) is 0 Å². The number of halogens is 2. The molecule has 3 rings (SSSR count). The van der Waals surface area contributed by atoms with Gasteiger partial charge in [-0.1, -0.05) is 0 Å². The molecule has 0 saturated carbocycles. The highest BCUT2D eigenvalue weighted by molar-refractivity contribution is 5.85. The van der Waals surface area contributed by atoms with Crippen molar-refractivity contribution in [2.75, 3.05) is 0 Å². The molecule has 0 N–H and O–H groups in total. The summed E-state index contributed by atoms with van der Waals surface area (Å²) in [5.41, 5.74) is 1.81. The van der Waals surface area contributed by atoms with E-state index in [-0.39, 0.29) is 5.69 Å². The standard InChI is InChI=1S/C17H13F2NO2/c1-10-7-12-8-14(22-11(2)21)4-6-16(12)20(10)17-5-3-13(18)9-15(17)19/h3-9H,1-2H3. The number of aryl methyl sites for hydroxylation is 1. The van der Waals surface area contributed by atoms with E-state index in [1.807, 2.05) is 13.0 Å². The molecular formula is C17H13F2NO2. The van der Waals surface area contributed by atoms with Crippen LogP contribution >= 0.6 is 0 Å². The SMILES string of the molecule is CC(=O)Oc1ccc2c(c1)cc(C)n2-c1ccc(F)cc1F. The van der Waals surface area contributed by atoms with Gasteiger partial charge < -0.3 is 9.30 Å². The fourth-order valence-corrected chi connectivity index (χ4v) is 2.54. The summed E-state index contributed by atoms with van der Waals surface area (Å²) in [4.78, 5) is 11.0. The van der Waals surface area contributed by atoms with E-state index >= 15 is 0 Å². The molecule has 0 aliphatic rings. The van der Waals surface area contributed by atoms with Crippen LogP contribution in [-0.2, 0) is 4.79 Å². The Bertz CT molecular complexity index is 884. The molecular weight excluding hydrogens is 288 g/mol. The molecule has 3 aromatic rings. The van der Waals surface area contributed by atoms with E-state index in [0.29, 0.717) is 5.75 Å². The molecule has 0 fully saturated rings. The number of aromatic nitrogens is 1. The summed E-state index contributed by atoms with van der Waals surface area (Å²) in [6.07, 6.45) is 0. The summed E-state index contributed by atoms with van der Waals surface area (Å²) in [6.45, 7) is 3.16. The molecule has 0 saturated heterocycles. The Hall–Kier alpha value is -2.69. The number of carbonyl (C=O) groups is 1. The maximum atomic E-state index is 14.0. The van der Waals surface area contributed by atoms with Gasteiger partial charge in [0.2, 0.25) is 0 Å². The lowest BCUT2D eigenvalue weighted by Crippen LogP contribution is -2.02. The molecule has 0 unspecified atom stereocenters.